The summed E-state index contributed by atoms with van der Waals surface area (Å²) < 4.78 is 11.4. The lowest BCUT2D eigenvalue weighted by atomic mass is 10.1. The lowest BCUT2D eigenvalue weighted by Crippen LogP contribution is -2.41. The Hall–Kier alpha value is -2.08. The van der Waals surface area contributed by atoms with Crippen LogP contribution in [0.4, 0.5) is 0 Å². The van der Waals surface area contributed by atoms with Crippen LogP contribution in [0.1, 0.15) is 23.1 Å². The second-order valence-corrected chi connectivity index (χ2v) is 6.73. The first kappa shape index (κ1) is 21.2. The van der Waals surface area contributed by atoms with Crippen LogP contribution < -0.4 is 15.8 Å². The SMILES string of the molecule is Cc1ccc(CNC(=O)[C@@H](N)Cc2ccccc2)c(OC2CCOC2)c1.Cl. The zero-order valence-electron chi connectivity index (χ0n) is 15.5. The van der Waals surface area contributed by atoms with E-state index in [1.165, 1.54) is 0 Å². The van der Waals surface area contributed by atoms with Gasteiger partial charge in [-0.2, -0.15) is 0 Å². The van der Waals surface area contributed by atoms with Crippen molar-refractivity contribution in [1.29, 1.82) is 0 Å². The highest BCUT2D eigenvalue weighted by Gasteiger charge is 2.19. The average molecular weight is 391 g/mol. The molecule has 2 aromatic rings. The van der Waals surface area contributed by atoms with E-state index in [0.29, 0.717) is 19.6 Å². The molecule has 1 saturated heterocycles. The molecule has 2 atom stereocenters. The van der Waals surface area contributed by atoms with Gasteiger partial charge in [-0.3, -0.25) is 4.79 Å². The van der Waals surface area contributed by atoms with Gasteiger partial charge in [0.25, 0.3) is 0 Å². The van der Waals surface area contributed by atoms with Crippen molar-refractivity contribution in [1.82, 2.24) is 5.32 Å². The Morgan fingerprint density at radius 1 is 1.30 bits per heavy atom. The van der Waals surface area contributed by atoms with Crippen LogP contribution in [0.2, 0.25) is 0 Å². The Morgan fingerprint density at radius 3 is 2.78 bits per heavy atom. The summed E-state index contributed by atoms with van der Waals surface area (Å²) in [5, 5.41) is 2.93. The highest BCUT2D eigenvalue weighted by Crippen LogP contribution is 2.23. The van der Waals surface area contributed by atoms with Crippen molar-refractivity contribution in [3.8, 4) is 5.75 Å². The Bertz CT molecular complexity index is 733. The van der Waals surface area contributed by atoms with Gasteiger partial charge in [-0.15, -0.1) is 12.4 Å². The molecule has 3 N–H and O–H groups in total. The summed E-state index contributed by atoms with van der Waals surface area (Å²) in [5.41, 5.74) is 9.17. The number of ether oxygens (including phenoxy) is 2. The van der Waals surface area contributed by atoms with Crippen LogP contribution >= 0.6 is 12.4 Å². The van der Waals surface area contributed by atoms with Gasteiger partial charge in [-0.1, -0.05) is 42.5 Å². The number of carbonyl (C=O) groups excluding carboxylic acids is 1. The molecule has 1 amide bonds. The van der Waals surface area contributed by atoms with E-state index in [-0.39, 0.29) is 24.4 Å². The monoisotopic (exact) mass is 390 g/mol. The number of benzene rings is 2. The number of amides is 1. The van der Waals surface area contributed by atoms with Crippen molar-refractivity contribution in [2.75, 3.05) is 13.2 Å². The zero-order chi connectivity index (χ0) is 18.4. The van der Waals surface area contributed by atoms with Gasteiger partial charge >= 0.3 is 0 Å². The largest absolute Gasteiger partial charge is 0.488 e. The molecule has 0 saturated carbocycles. The first-order valence-corrected chi connectivity index (χ1v) is 9.03. The number of halogens is 1. The molecule has 0 aromatic heterocycles. The fourth-order valence-corrected chi connectivity index (χ4v) is 2.98. The predicted molar refractivity (Wildman–Crippen MR) is 108 cm³/mol. The van der Waals surface area contributed by atoms with Crippen molar-refractivity contribution < 1.29 is 14.3 Å². The Morgan fingerprint density at radius 2 is 2.07 bits per heavy atom. The number of hydrogen-bond acceptors (Lipinski definition) is 4. The minimum atomic E-state index is -0.574. The highest BCUT2D eigenvalue weighted by atomic mass is 35.5. The quantitative estimate of drug-likeness (QED) is 0.762. The first-order valence-electron chi connectivity index (χ1n) is 9.03. The maximum Gasteiger partial charge on any atom is 0.237 e. The fourth-order valence-electron chi connectivity index (χ4n) is 2.98. The molecule has 146 valence electrons. The average Bonchev–Trinajstić information content (AvgIpc) is 3.14. The van der Waals surface area contributed by atoms with E-state index >= 15 is 0 Å². The molecule has 3 rings (SSSR count). The molecule has 1 unspecified atom stereocenters. The van der Waals surface area contributed by atoms with E-state index in [1.54, 1.807) is 0 Å². The topological polar surface area (TPSA) is 73.6 Å². The third-order valence-electron chi connectivity index (χ3n) is 4.49. The molecule has 6 heteroatoms. The van der Waals surface area contributed by atoms with Gasteiger partial charge in [0.15, 0.2) is 0 Å². The van der Waals surface area contributed by atoms with Crippen molar-refractivity contribution in [2.45, 2.75) is 38.5 Å². The molecule has 1 aliphatic heterocycles. The summed E-state index contributed by atoms with van der Waals surface area (Å²) in [5.74, 6) is 0.641. The summed E-state index contributed by atoms with van der Waals surface area (Å²) in [4.78, 5) is 12.3. The van der Waals surface area contributed by atoms with Gasteiger partial charge in [0.1, 0.15) is 11.9 Å². The summed E-state index contributed by atoms with van der Waals surface area (Å²) in [7, 11) is 0. The number of nitrogens with two attached hydrogens (primary N) is 1. The maximum atomic E-state index is 12.3. The zero-order valence-corrected chi connectivity index (χ0v) is 16.3. The smallest absolute Gasteiger partial charge is 0.237 e. The fraction of sp³-hybridized carbons (Fsp3) is 0.381. The second-order valence-electron chi connectivity index (χ2n) is 6.73. The molecule has 0 radical (unpaired) electrons. The van der Waals surface area contributed by atoms with Gasteiger partial charge in [-0.05, 0) is 30.5 Å². The van der Waals surface area contributed by atoms with Crippen molar-refractivity contribution in [2.24, 2.45) is 5.73 Å². The number of rotatable bonds is 7. The van der Waals surface area contributed by atoms with Gasteiger partial charge in [-0.25, -0.2) is 0 Å². The normalized spacial score (nSPS) is 17.0. The lowest BCUT2D eigenvalue weighted by molar-refractivity contribution is -0.122. The molecule has 27 heavy (non-hydrogen) atoms. The van der Waals surface area contributed by atoms with E-state index in [1.807, 2.05) is 55.5 Å². The van der Waals surface area contributed by atoms with Crippen molar-refractivity contribution >= 4 is 18.3 Å². The van der Waals surface area contributed by atoms with Gasteiger partial charge in [0, 0.05) is 18.5 Å². The van der Waals surface area contributed by atoms with Crippen molar-refractivity contribution in [3.05, 3.63) is 65.2 Å². The summed E-state index contributed by atoms with van der Waals surface area (Å²) in [6.07, 6.45) is 1.48. The summed E-state index contributed by atoms with van der Waals surface area (Å²) in [6.45, 7) is 3.76. The molecule has 1 fully saturated rings. The standard InChI is InChI=1S/C21H26N2O3.ClH/c1-15-7-8-17(20(11-15)26-18-9-10-25-14-18)13-23-21(24)19(22)12-16-5-3-2-4-6-16;/h2-8,11,18-19H,9-10,12-14,22H2,1H3,(H,23,24);1H/t18?,19-;/m0./s1. The lowest BCUT2D eigenvalue weighted by Gasteiger charge is -2.18. The summed E-state index contributed by atoms with van der Waals surface area (Å²) >= 11 is 0. The molecule has 1 aliphatic rings. The Kier molecular flexibility index (Phi) is 8.10. The molecular weight excluding hydrogens is 364 g/mol. The van der Waals surface area contributed by atoms with Crippen LogP contribution in [0.15, 0.2) is 48.5 Å². The predicted octanol–water partition coefficient (Wildman–Crippen LogP) is 2.77. The molecule has 2 aromatic carbocycles. The molecule has 0 bridgehead atoms. The molecule has 0 aliphatic carbocycles. The Balaban J connectivity index is 0.00000261. The minimum absolute atomic E-state index is 0. The highest BCUT2D eigenvalue weighted by molar-refractivity contribution is 5.85. The van der Waals surface area contributed by atoms with Gasteiger partial charge < -0.3 is 20.5 Å². The van der Waals surface area contributed by atoms with E-state index in [0.717, 1.165) is 35.5 Å². The van der Waals surface area contributed by atoms with Crippen LogP contribution in [0.5, 0.6) is 5.75 Å². The first-order chi connectivity index (χ1) is 12.6. The third kappa shape index (κ3) is 6.24. The van der Waals surface area contributed by atoms with Crippen LogP contribution in [-0.2, 0) is 22.5 Å². The van der Waals surface area contributed by atoms with Gasteiger partial charge in [0.05, 0.1) is 19.3 Å². The van der Waals surface area contributed by atoms with Crippen LogP contribution in [0.3, 0.4) is 0 Å². The van der Waals surface area contributed by atoms with Crippen LogP contribution in [-0.4, -0.2) is 31.3 Å². The molecular formula is C21H27ClN2O3. The van der Waals surface area contributed by atoms with Crippen molar-refractivity contribution in [3.63, 3.8) is 0 Å². The van der Waals surface area contributed by atoms with E-state index < -0.39 is 6.04 Å². The number of carbonyl (C=O) groups is 1. The molecule has 0 spiro atoms. The Labute approximate surface area is 166 Å². The number of nitrogens with one attached hydrogen (secondary N) is 1. The number of hydrogen-bond donors (Lipinski definition) is 2. The third-order valence-corrected chi connectivity index (χ3v) is 4.49. The molecule has 1 heterocycles. The van der Waals surface area contributed by atoms with Gasteiger partial charge in [0.2, 0.25) is 5.91 Å². The van der Waals surface area contributed by atoms with E-state index in [2.05, 4.69) is 5.32 Å². The minimum Gasteiger partial charge on any atom is -0.488 e. The van der Waals surface area contributed by atoms with E-state index in [4.69, 9.17) is 15.2 Å². The number of aryl methyl sites for hydroxylation is 1. The maximum absolute atomic E-state index is 12.3. The second kappa shape index (κ2) is 10.3. The van der Waals surface area contributed by atoms with Crippen LogP contribution in [0, 0.1) is 6.92 Å². The van der Waals surface area contributed by atoms with Crippen LogP contribution in [0.25, 0.3) is 0 Å². The molecule has 5 nitrogen and oxygen atoms in total. The van der Waals surface area contributed by atoms with E-state index in [9.17, 15) is 4.79 Å². The summed E-state index contributed by atoms with van der Waals surface area (Å²) in [6, 6.07) is 15.2.